The molecular weight excluding hydrogens is 254 g/mol. The predicted octanol–water partition coefficient (Wildman–Crippen LogP) is 3.82. The van der Waals surface area contributed by atoms with Gasteiger partial charge in [-0.3, -0.25) is 4.99 Å². The molecule has 0 saturated heterocycles. The molecular formula is C16H23NOS. The van der Waals surface area contributed by atoms with E-state index in [1.54, 1.807) is 0 Å². The molecule has 0 amide bonds. The molecule has 0 aromatic heterocycles. The summed E-state index contributed by atoms with van der Waals surface area (Å²) in [5.41, 5.74) is 3.63. The molecule has 0 spiro atoms. The zero-order chi connectivity index (χ0) is 13.8. The molecule has 1 aromatic rings. The number of aliphatic hydroxyl groups excluding tert-OH is 1. The maximum absolute atomic E-state index is 9.96. The van der Waals surface area contributed by atoms with E-state index in [9.17, 15) is 5.11 Å². The number of aliphatic imine (C=N–C) groups is 1. The van der Waals surface area contributed by atoms with Crippen LogP contribution in [0, 0.1) is 5.92 Å². The fourth-order valence-corrected chi connectivity index (χ4v) is 3.75. The number of hydrogen-bond acceptors (Lipinski definition) is 3. The summed E-state index contributed by atoms with van der Waals surface area (Å²) >= 11 is 1.84. The van der Waals surface area contributed by atoms with E-state index in [2.05, 4.69) is 24.9 Å². The van der Waals surface area contributed by atoms with Crippen LogP contribution >= 0.6 is 11.8 Å². The molecule has 0 heterocycles. The van der Waals surface area contributed by atoms with Crippen LogP contribution < -0.4 is 0 Å². The first-order valence-electron chi connectivity index (χ1n) is 7.03. The van der Waals surface area contributed by atoms with Crippen molar-refractivity contribution in [2.75, 3.05) is 12.8 Å². The van der Waals surface area contributed by atoms with Gasteiger partial charge in [-0.25, -0.2) is 0 Å². The van der Waals surface area contributed by atoms with E-state index >= 15 is 0 Å². The fourth-order valence-electron chi connectivity index (χ4n) is 2.49. The summed E-state index contributed by atoms with van der Waals surface area (Å²) in [6, 6.07) is 6.22. The lowest BCUT2D eigenvalue weighted by Gasteiger charge is -2.12. The second-order valence-electron chi connectivity index (χ2n) is 5.49. The average molecular weight is 277 g/mol. The van der Waals surface area contributed by atoms with Gasteiger partial charge >= 0.3 is 0 Å². The molecule has 1 aliphatic rings. The molecule has 1 aliphatic carbocycles. The number of benzene rings is 1. The summed E-state index contributed by atoms with van der Waals surface area (Å²) in [5.74, 6) is 1.84. The third-order valence-corrected chi connectivity index (χ3v) is 4.72. The van der Waals surface area contributed by atoms with Crippen molar-refractivity contribution >= 4 is 16.8 Å². The van der Waals surface area contributed by atoms with Crippen LogP contribution in [0.3, 0.4) is 0 Å². The Balaban J connectivity index is 2.16. The predicted molar refractivity (Wildman–Crippen MR) is 84.1 cm³/mol. The molecule has 0 saturated carbocycles. The molecule has 0 bridgehead atoms. The molecule has 1 N–H and O–H groups in total. The number of rotatable bonds is 4. The van der Waals surface area contributed by atoms with Gasteiger partial charge in [-0.15, -0.1) is 11.8 Å². The van der Waals surface area contributed by atoms with Gasteiger partial charge in [0.2, 0.25) is 0 Å². The lowest BCUT2D eigenvalue weighted by Crippen LogP contribution is -2.03. The molecule has 19 heavy (non-hydrogen) atoms. The lowest BCUT2D eigenvalue weighted by atomic mass is 10.0. The minimum absolute atomic E-state index is 0.284. The van der Waals surface area contributed by atoms with Crippen molar-refractivity contribution in [2.24, 2.45) is 10.9 Å². The molecule has 1 aromatic carbocycles. The number of aliphatic hydroxyl groups is 1. The van der Waals surface area contributed by atoms with E-state index < -0.39 is 0 Å². The van der Waals surface area contributed by atoms with E-state index in [-0.39, 0.29) is 6.10 Å². The standard InChI is InChI=1S/C16H23NOS/c1-11(2)9-10-19-16(17-3)14-6-4-5-13-12(14)7-8-15(13)18/h4-6,11,15,18H,7-10H2,1-3H3. The Kier molecular flexibility index (Phi) is 5.06. The Labute approximate surface area is 120 Å². The van der Waals surface area contributed by atoms with E-state index in [0.29, 0.717) is 0 Å². The largest absolute Gasteiger partial charge is 0.388 e. The SMILES string of the molecule is CN=C(SCCC(C)C)c1cccc2c1CCC2O. The van der Waals surface area contributed by atoms with E-state index in [0.717, 1.165) is 35.1 Å². The second kappa shape index (κ2) is 6.58. The van der Waals surface area contributed by atoms with Crippen molar-refractivity contribution < 1.29 is 5.11 Å². The van der Waals surface area contributed by atoms with Crippen LogP contribution in [0.15, 0.2) is 23.2 Å². The number of fused-ring (bicyclic) bond motifs is 1. The highest BCUT2D eigenvalue weighted by Crippen LogP contribution is 2.34. The van der Waals surface area contributed by atoms with Gasteiger partial charge in [-0.2, -0.15) is 0 Å². The zero-order valence-electron chi connectivity index (χ0n) is 12.0. The monoisotopic (exact) mass is 277 g/mol. The van der Waals surface area contributed by atoms with Crippen LogP contribution in [-0.2, 0) is 6.42 Å². The van der Waals surface area contributed by atoms with E-state index in [1.165, 1.54) is 17.5 Å². The summed E-state index contributed by atoms with van der Waals surface area (Å²) in [4.78, 5) is 4.46. The van der Waals surface area contributed by atoms with E-state index in [4.69, 9.17) is 0 Å². The first kappa shape index (κ1) is 14.6. The molecule has 1 atom stereocenters. The van der Waals surface area contributed by atoms with Gasteiger partial charge in [-0.1, -0.05) is 32.0 Å². The van der Waals surface area contributed by atoms with Crippen LogP contribution in [-0.4, -0.2) is 23.0 Å². The van der Waals surface area contributed by atoms with Crippen molar-refractivity contribution in [3.63, 3.8) is 0 Å². The maximum atomic E-state index is 9.96. The van der Waals surface area contributed by atoms with Crippen molar-refractivity contribution in [2.45, 2.75) is 39.2 Å². The van der Waals surface area contributed by atoms with Crippen LogP contribution in [0.2, 0.25) is 0 Å². The van der Waals surface area contributed by atoms with E-state index in [1.807, 2.05) is 30.9 Å². The van der Waals surface area contributed by atoms with Crippen LogP contribution in [0.1, 0.15) is 49.5 Å². The summed E-state index contributed by atoms with van der Waals surface area (Å²) in [6.45, 7) is 4.50. The maximum Gasteiger partial charge on any atom is 0.0976 e. The zero-order valence-corrected chi connectivity index (χ0v) is 12.8. The number of thioether (sulfide) groups is 1. The first-order valence-corrected chi connectivity index (χ1v) is 8.01. The molecule has 1 unspecified atom stereocenters. The van der Waals surface area contributed by atoms with Gasteiger partial charge in [-0.05, 0) is 42.1 Å². The normalized spacial score (nSPS) is 19.0. The number of nitrogens with zero attached hydrogens (tertiary/aromatic N) is 1. The fraction of sp³-hybridized carbons (Fsp3) is 0.562. The van der Waals surface area contributed by atoms with Crippen LogP contribution in [0.5, 0.6) is 0 Å². The van der Waals surface area contributed by atoms with Crippen LogP contribution in [0.25, 0.3) is 0 Å². The molecule has 104 valence electrons. The molecule has 0 fully saturated rings. The Bertz CT molecular complexity index is 468. The smallest absolute Gasteiger partial charge is 0.0976 e. The van der Waals surface area contributed by atoms with Gasteiger partial charge in [0.15, 0.2) is 0 Å². The Hall–Kier alpha value is -0.800. The summed E-state index contributed by atoms with van der Waals surface area (Å²) in [6.07, 6.45) is 2.74. The summed E-state index contributed by atoms with van der Waals surface area (Å²) < 4.78 is 0. The van der Waals surface area contributed by atoms with Gasteiger partial charge < -0.3 is 5.11 Å². The molecule has 3 heteroatoms. The average Bonchev–Trinajstić information content (AvgIpc) is 2.77. The third-order valence-electron chi connectivity index (χ3n) is 3.61. The highest BCUT2D eigenvalue weighted by Gasteiger charge is 2.23. The van der Waals surface area contributed by atoms with Crippen LogP contribution in [0.4, 0.5) is 0 Å². The highest BCUT2D eigenvalue weighted by molar-refractivity contribution is 8.14. The lowest BCUT2D eigenvalue weighted by molar-refractivity contribution is 0.180. The minimum Gasteiger partial charge on any atom is -0.388 e. The Morgan fingerprint density at radius 3 is 2.95 bits per heavy atom. The summed E-state index contributed by atoms with van der Waals surface area (Å²) in [5, 5.41) is 11.1. The van der Waals surface area contributed by atoms with Crippen molar-refractivity contribution in [3.8, 4) is 0 Å². The molecule has 0 aliphatic heterocycles. The number of hydrogen-bond donors (Lipinski definition) is 1. The van der Waals surface area contributed by atoms with Crippen molar-refractivity contribution in [1.82, 2.24) is 0 Å². The Morgan fingerprint density at radius 1 is 1.47 bits per heavy atom. The van der Waals surface area contributed by atoms with Crippen molar-refractivity contribution in [3.05, 3.63) is 34.9 Å². The topological polar surface area (TPSA) is 32.6 Å². The minimum atomic E-state index is -0.284. The quantitative estimate of drug-likeness (QED) is 0.670. The first-order chi connectivity index (χ1) is 9.13. The van der Waals surface area contributed by atoms with Gasteiger partial charge in [0.25, 0.3) is 0 Å². The molecule has 0 radical (unpaired) electrons. The van der Waals surface area contributed by atoms with Gasteiger partial charge in [0.1, 0.15) is 0 Å². The van der Waals surface area contributed by atoms with Crippen molar-refractivity contribution in [1.29, 1.82) is 0 Å². The molecule has 2 rings (SSSR count). The highest BCUT2D eigenvalue weighted by atomic mass is 32.2. The van der Waals surface area contributed by atoms with Gasteiger partial charge in [0, 0.05) is 12.6 Å². The molecule has 2 nitrogen and oxygen atoms in total. The third kappa shape index (κ3) is 3.40. The Morgan fingerprint density at radius 2 is 2.26 bits per heavy atom. The summed E-state index contributed by atoms with van der Waals surface area (Å²) in [7, 11) is 1.86. The second-order valence-corrected chi connectivity index (χ2v) is 6.57. The van der Waals surface area contributed by atoms with Gasteiger partial charge in [0.05, 0.1) is 11.1 Å².